The molecule has 0 saturated heterocycles. The largest absolute Gasteiger partial charge is 0.396 e. The minimum atomic E-state index is -0.203. The van der Waals surface area contributed by atoms with Crippen molar-refractivity contribution in [2.45, 2.75) is 39.3 Å². The molecule has 0 aliphatic carbocycles. The lowest BCUT2D eigenvalue weighted by molar-refractivity contribution is 0.288. The number of rotatable bonds is 7. The van der Waals surface area contributed by atoms with Crippen LogP contribution in [-0.2, 0) is 0 Å². The first-order valence-electron chi connectivity index (χ1n) is 6.85. The molecule has 2 N–H and O–H groups in total. The van der Waals surface area contributed by atoms with Gasteiger partial charge in [-0.25, -0.2) is 4.39 Å². The molecular formula is C15H25FN2O. The van der Waals surface area contributed by atoms with Gasteiger partial charge in [0.25, 0.3) is 0 Å². The molecule has 0 aliphatic heterocycles. The van der Waals surface area contributed by atoms with Gasteiger partial charge < -0.3 is 15.3 Å². The summed E-state index contributed by atoms with van der Waals surface area (Å²) in [5.41, 5.74) is 1.55. The predicted molar refractivity (Wildman–Crippen MR) is 78.1 cm³/mol. The molecule has 0 heterocycles. The third-order valence-corrected chi connectivity index (χ3v) is 3.39. The van der Waals surface area contributed by atoms with Crippen molar-refractivity contribution in [2.75, 3.05) is 25.1 Å². The van der Waals surface area contributed by atoms with Crippen molar-refractivity contribution in [3.8, 4) is 0 Å². The standard InChI is InChI=1S/C15H25FN2O/c1-11(2)18(8-5-9-19)15-7-6-13(10-14(15)16)12(3)17-4/h6-7,10-12,17,19H,5,8-9H2,1-4H3. The number of benzene rings is 1. The number of aliphatic hydroxyl groups is 1. The van der Waals surface area contributed by atoms with Crippen molar-refractivity contribution in [1.29, 1.82) is 0 Å². The van der Waals surface area contributed by atoms with Crippen molar-refractivity contribution in [2.24, 2.45) is 0 Å². The van der Waals surface area contributed by atoms with Gasteiger partial charge in [0, 0.05) is 25.2 Å². The van der Waals surface area contributed by atoms with Crippen LogP contribution in [0.4, 0.5) is 10.1 Å². The lowest BCUT2D eigenvalue weighted by Crippen LogP contribution is -2.33. The maximum absolute atomic E-state index is 14.3. The average Bonchev–Trinajstić information content (AvgIpc) is 2.39. The second-order valence-electron chi connectivity index (χ2n) is 5.09. The summed E-state index contributed by atoms with van der Waals surface area (Å²) in [4.78, 5) is 1.99. The van der Waals surface area contributed by atoms with Crippen molar-refractivity contribution >= 4 is 5.69 Å². The fourth-order valence-corrected chi connectivity index (χ4v) is 2.09. The number of anilines is 1. The number of halogens is 1. The van der Waals surface area contributed by atoms with Gasteiger partial charge in [-0.15, -0.1) is 0 Å². The Morgan fingerprint density at radius 3 is 2.47 bits per heavy atom. The Morgan fingerprint density at radius 2 is 2.00 bits per heavy atom. The van der Waals surface area contributed by atoms with Gasteiger partial charge in [-0.05, 0) is 51.9 Å². The van der Waals surface area contributed by atoms with E-state index in [-0.39, 0.29) is 24.5 Å². The highest BCUT2D eigenvalue weighted by molar-refractivity contribution is 5.50. The number of hydrogen-bond acceptors (Lipinski definition) is 3. The smallest absolute Gasteiger partial charge is 0.146 e. The fourth-order valence-electron chi connectivity index (χ4n) is 2.09. The molecule has 19 heavy (non-hydrogen) atoms. The molecule has 1 aromatic carbocycles. The Labute approximate surface area is 115 Å². The van der Waals surface area contributed by atoms with E-state index >= 15 is 0 Å². The zero-order valence-electron chi connectivity index (χ0n) is 12.3. The quantitative estimate of drug-likeness (QED) is 0.798. The van der Waals surface area contributed by atoms with E-state index in [0.29, 0.717) is 18.7 Å². The Bertz CT molecular complexity index is 396. The molecule has 1 rings (SSSR count). The van der Waals surface area contributed by atoms with Crippen molar-refractivity contribution < 1.29 is 9.50 Å². The van der Waals surface area contributed by atoms with E-state index in [4.69, 9.17) is 5.11 Å². The molecule has 1 aromatic rings. The van der Waals surface area contributed by atoms with E-state index in [9.17, 15) is 4.39 Å². The minimum absolute atomic E-state index is 0.125. The van der Waals surface area contributed by atoms with Crippen LogP contribution >= 0.6 is 0 Å². The monoisotopic (exact) mass is 268 g/mol. The first-order valence-corrected chi connectivity index (χ1v) is 6.85. The molecule has 0 spiro atoms. The van der Waals surface area contributed by atoms with E-state index in [2.05, 4.69) is 5.32 Å². The van der Waals surface area contributed by atoms with Gasteiger partial charge in [0.1, 0.15) is 5.82 Å². The van der Waals surface area contributed by atoms with Gasteiger partial charge in [0.15, 0.2) is 0 Å². The van der Waals surface area contributed by atoms with Crippen molar-refractivity contribution in [1.82, 2.24) is 5.32 Å². The summed E-state index contributed by atoms with van der Waals surface area (Å²) in [6, 6.07) is 5.70. The summed E-state index contributed by atoms with van der Waals surface area (Å²) in [7, 11) is 1.86. The van der Waals surface area contributed by atoms with E-state index in [1.165, 1.54) is 0 Å². The molecule has 0 aromatic heterocycles. The maximum atomic E-state index is 14.3. The zero-order valence-corrected chi connectivity index (χ0v) is 12.3. The molecule has 108 valence electrons. The number of nitrogens with zero attached hydrogens (tertiary/aromatic N) is 1. The van der Waals surface area contributed by atoms with Gasteiger partial charge >= 0.3 is 0 Å². The topological polar surface area (TPSA) is 35.5 Å². The third kappa shape index (κ3) is 4.18. The van der Waals surface area contributed by atoms with Gasteiger partial charge in [0.2, 0.25) is 0 Å². The summed E-state index contributed by atoms with van der Waals surface area (Å²) in [6.45, 7) is 6.84. The molecule has 0 radical (unpaired) electrons. The van der Waals surface area contributed by atoms with Crippen molar-refractivity contribution in [3.05, 3.63) is 29.6 Å². The van der Waals surface area contributed by atoms with Crippen LogP contribution < -0.4 is 10.2 Å². The summed E-state index contributed by atoms with van der Waals surface area (Å²) < 4.78 is 14.3. The molecule has 0 bridgehead atoms. The van der Waals surface area contributed by atoms with Crippen LogP contribution in [0.5, 0.6) is 0 Å². The molecule has 4 heteroatoms. The van der Waals surface area contributed by atoms with Gasteiger partial charge in [0.05, 0.1) is 5.69 Å². The SMILES string of the molecule is CNC(C)c1ccc(N(CCCO)C(C)C)c(F)c1. The lowest BCUT2D eigenvalue weighted by Gasteiger charge is -2.29. The van der Waals surface area contributed by atoms with Gasteiger partial charge in [-0.1, -0.05) is 6.07 Å². The van der Waals surface area contributed by atoms with Crippen LogP contribution in [0.15, 0.2) is 18.2 Å². The Kier molecular flexibility index (Phi) is 6.25. The zero-order chi connectivity index (χ0) is 14.4. The van der Waals surface area contributed by atoms with Crippen LogP contribution in [0.25, 0.3) is 0 Å². The van der Waals surface area contributed by atoms with E-state index < -0.39 is 0 Å². The lowest BCUT2D eigenvalue weighted by atomic mass is 10.1. The van der Waals surface area contributed by atoms with E-state index in [1.54, 1.807) is 6.07 Å². The molecule has 0 aliphatic rings. The van der Waals surface area contributed by atoms with Gasteiger partial charge in [-0.2, -0.15) is 0 Å². The first kappa shape index (κ1) is 15.9. The second-order valence-corrected chi connectivity index (χ2v) is 5.09. The highest BCUT2D eigenvalue weighted by atomic mass is 19.1. The summed E-state index contributed by atoms with van der Waals surface area (Å²) in [5.74, 6) is -0.203. The Hall–Kier alpha value is -1.13. The molecule has 3 nitrogen and oxygen atoms in total. The molecule has 1 unspecified atom stereocenters. The highest BCUT2D eigenvalue weighted by Crippen LogP contribution is 2.25. The van der Waals surface area contributed by atoms with E-state index in [1.807, 2.05) is 44.9 Å². The van der Waals surface area contributed by atoms with Crippen LogP contribution in [-0.4, -0.2) is 31.3 Å². The van der Waals surface area contributed by atoms with Crippen LogP contribution in [0.1, 0.15) is 38.8 Å². The van der Waals surface area contributed by atoms with E-state index in [0.717, 1.165) is 5.56 Å². The number of nitrogens with one attached hydrogen (secondary N) is 1. The third-order valence-electron chi connectivity index (χ3n) is 3.39. The maximum Gasteiger partial charge on any atom is 0.146 e. The fraction of sp³-hybridized carbons (Fsp3) is 0.600. The molecule has 0 amide bonds. The Morgan fingerprint density at radius 1 is 1.32 bits per heavy atom. The number of aliphatic hydroxyl groups excluding tert-OH is 1. The predicted octanol–water partition coefficient (Wildman–Crippen LogP) is 2.70. The van der Waals surface area contributed by atoms with Crippen LogP contribution in [0, 0.1) is 5.82 Å². The molecule has 0 saturated carbocycles. The van der Waals surface area contributed by atoms with Crippen LogP contribution in [0.2, 0.25) is 0 Å². The average molecular weight is 268 g/mol. The molecule has 0 fully saturated rings. The summed E-state index contributed by atoms with van der Waals surface area (Å²) in [6.07, 6.45) is 0.645. The molecule has 1 atom stereocenters. The van der Waals surface area contributed by atoms with Gasteiger partial charge in [-0.3, -0.25) is 0 Å². The highest BCUT2D eigenvalue weighted by Gasteiger charge is 2.15. The molecular weight excluding hydrogens is 243 g/mol. The first-order chi connectivity index (χ1) is 9.01. The van der Waals surface area contributed by atoms with Crippen molar-refractivity contribution in [3.63, 3.8) is 0 Å². The normalized spacial score (nSPS) is 12.8. The van der Waals surface area contributed by atoms with Crippen LogP contribution in [0.3, 0.4) is 0 Å². The minimum Gasteiger partial charge on any atom is -0.396 e. The Balaban J connectivity index is 2.98. The second kappa shape index (κ2) is 7.46. The summed E-state index contributed by atoms with van der Waals surface area (Å²) in [5, 5.41) is 12.0. The summed E-state index contributed by atoms with van der Waals surface area (Å²) >= 11 is 0. The number of hydrogen-bond donors (Lipinski definition) is 2.